The van der Waals surface area contributed by atoms with Crippen molar-refractivity contribution in [3.63, 3.8) is 0 Å². The zero-order chi connectivity index (χ0) is 17.8. The second-order valence-electron chi connectivity index (χ2n) is 6.47. The van der Waals surface area contributed by atoms with Gasteiger partial charge in [-0.15, -0.1) is 0 Å². The van der Waals surface area contributed by atoms with Gasteiger partial charge in [-0.3, -0.25) is 9.59 Å². The van der Waals surface area contributed by atoms with Crippen molar-refractivity contribution in [2.75, 3.05) is 25.0 Å². The van der Waals surface area contributed by atoms with Crippen molar-refractivity contribution < 1.29 is 14.3 Å². The Labute approximate surface area is 147 Å². The Bertz CT molecular complexity index is 733. The number of pyridine rings is 1. The molecule has 25 heavy (non-hydrogen) atoms. The summed E-state index contributed by atoms with van der Waals surface area (Å²) in [5, 5.41) is 2.75. The fraction of sp³-hybridized carbons (Fsp3) is 0.421. The molecule has 1 N–H and O–H groups in total. The maximum absolute atomic E-state index is 12.2. The van der Waals surface area contributed by atoms with Gasteiger partial charge in [-0.2, -0.15) is 0 Å². The SMILES string of the molecule is CC=C(C)COC1CN(C(=O)C=Cc2cnc3c(c2)CCC(=O)N3)C1. The van der Waals surface area contributed by atoms with Gasteiger partial charge in [-0.05, 0) is 43.5 Å². The molecule has 0 aliphatic carbocycles. The minimum atomic E-state index is -0.0198. The molecule has 0 saturated carbocycles. The molecule has 6 nitrogen and oxygen atoms in total. The number of nitrogens with zero attached hydrogens (tertiary/aromatic N) is 2. The fourth-order valence-electron chi connectivity index (χ4n) is 2.69. The molecule has 0 atom stereocenters. The molecule has 1 aromatic heterocycles. The van der Waals surface area contributed by atoms with Crippen molar-refractivity contribution >= 4 is 23.7 Å². The standard InChI is InChI=1S/C19H23N3O3/c1-3-13(2)12-25-16-10-22(11-16)18(24)7-4-14-8-15-5-6-17(23)21-19(15)20-9-14/h3-4,7-9,16H,5-6,10-12H2,1-2H3,(H,20,21,23). The Hall–Kier alpha value is -2.47. The number of hydrogen-bond donors (Lipinski definition) is 1. The van der Waals surface area contributed by atoms with Gasteiger partial charge in [0.15, 0.2) is 0 Å². The van der Waals surface area contributed by atoms with E-state index in [4.69, 9.17) is 4.74 Å². The third kappa shape index (κ3) is 4.33. The van der Waals surface area contributed by atoms with Gasteiger partial charge in [0.05, 0.1) is 12.7 Å². The van der Waals surface area contributed by atoms with E-state index in [-0.39, 0.29) is 17.9 Å². The lowest BCUT2D eigenvalue weighted by atomic mass is 10.0. The summed E-state index contributed by atoms with van der Waals surface area (Å²) in [7, 11) is 0. The topological polar surface area (TPSA) is 71.5 Å². The summed E-state index contributed by atoms with van der Waals surface area (Å²) in [5.41, 5.74) is 3.06. The lowest BCUT2D eigenvalue weighted by Gasteiger charge is -2.38. The summed E-state index contributed by atoms with van der Waals surface area (Å²) in [4.78, 5) is 29.5. The summed E-state index contributed by atoms with van der Waals surface area (Å²) < 4.78 is 5.71. The summed E-state index contributed by atoms with van der Waals surface area (Å²) in [6.45, 7) is 5.91. The highest BCUT2D eigenvalue weighted by Gasteiger charge is 2.30. The molecular weight excluding hydrogens is 318 g/mol. The average molecular weight is 341 g/mol. The zero-order valence-corrected chi connectivity index (χ0v) is 14.6. The number of carbonyl (C=O) groups is 2. The van der Waals surface area contributed by atoms with Gasteiger partial charge in [0, 0.05) is 31.8 Å². The van der Waals surface area contributed by atoms with Crippen LogP contribution in [0, 0.1) is 0 Å². The number of aryl methyl sites for hydroxylation is 1. The van der Waals surface area contributed by atoms with Crippen LogP contribution in [0.3, 0.4) is 0 Å². The van der Waals surface area contributed by atoms with Crippen molar-refractivity contribution in [3.05, 3.63) is 41.1 Å². The van der Waals surface area contributed by atoms with Gasteiger partial charge >= 0.3 is 0 Å². The molecular formula is C19H23N3O3. The minimum absolute atomic E-state index is 0.00218. The van der Waals surface area contributed by atoms with Crippen molar-refractivity contribution in [2.45, 2.75) is 32.8 Å². The molecule has 6 heteroatoms. The van der Waals surface area contributed by atoms with Crippen LogP contribution in [-0.4, -0.2) is 47.5 Å². The normalized spacial score (nSPS) is 18.1. The van der Waals surface area contributed by atoms with Crippen LogP contribution < -0.4 is 5.32 Å². The molecule has 1 fully saturated rings. The molecule has 3 rings (SSSR count). The molecule has 0 bridgehead atoms. The van der Waals surface area contributed by atoms with Crippen molar-refractivity contribution in [2.24, 2.45) is 0 Å². The summed E-state index contributed by atoms with van der Waals surface area (Å²) in [6, 6.07) is 1.97. The van der Waals surface area contributed by atoms with Crippen LogP contribution in [0.2, 0.25) is 0 Å². The Morgan fingerprint density at radius 2 is 2.24 bits per heavy atom. The smallest absolute Gasteiger partial charge is 0.246 e. The molecule has 2 amide bonds. The number of anilines is 1. The van der Waals surface area contributed by atoms with Gasteiger partial charge in [-0.1, -0.05) is 11.6 Å². The summed E-state index contributed by atoms with van der Waals surface area (Å²) >= 11 is 0. The van der Waals surface area contributed by atoms with Crippen molar-refractivity contribution in [3.8, 4) is 0 Å². The van der Waals surface area contributed by atoms with E-state index in [2.05, 4.69) is 10.3 Å². The van der Waals surface area contributed by atoms with Crippen LogP contribution in [0.15, 0.2) is 30.0 Å². The molecule has 2 aliphatic rings. The van der Waals surface area contributed by atoms with E-state index in [0.717, 1.165) is 11.1 Å². The number of aromatic nitrogens is 1. The number of carbonyl (C=O) groups excluding carboxylic acids is 2. The third-order valence-electron chi connectivity index (χ3n) is 4.48. The molecule has 0 unspecified atom stereocenters. The van der Waals surface area contributed by atoms with E-state index in [1.165, 1.54) is 5.57 Å². The first kappa shape index (κ1) is 17.4. The average Bonchev–Trinajstić information content (AvgIpc) is 2.58. The van der Waals surface area contributed by atoms with Crippen LogP contribution in [-0.2, 0) is 20.7 Å². The minimum Gasteiger partial charge on any atom is -0.370 e. The van der Waals surface area contributed by atoms with E-state index >= 15 is 0 Å². The van der Waals surface area contributed by atoms with Crippen molar-refractivity contribution in [1.82, 2.24) is 9.88 Å². The quantitative estimate of drug-likeness (QED) is 0.658. The number of ether oxygens (including phenoxy) is 1. The lowest BCUT2D eigenvalue weighted by molar-refractivity contribution is -0.138. The number of fused-ring (bicyclic) bond motifs is 1. The summed E-state index contributed by atoms with van der Waals surface area (Å²) in [5.74, 6) is 0.602. The predicted octanol–water partition coefficient (Wildman–Crippen LogP) is 2.17. The molecule has 2 aliphatic heterocycles. The maximum Gasteiger partial charge on any atom is 0.246 e. The number of hydrogen-bond acceptors (Lipinski definition) is 4. The highest BCUT2D eigenvalue weighted by Crippen LogP contribution is 2.21. The molecule has 132 valence electrons. The second-order valence-corrected chi connectivity index (χ2v) is 6.47. The fourth-order valence-corrected chi connectivity index (χ4v) is 2.69. The van der Waals surface area contributed by atoms with Gasteiger partial charge in [0.1, 0.15) is 5.82 Å². The first-order chi connectivity index (χ1) is 12.0. The van der Waals surface area contributed by atoms with Crippen LogP contribution in [0.4, 0.5) is 5.82 Å². The Kier molecular flexibility index (Phi) is 5.28. The molecule has 1 saturated heterocycles. The maximum atomic E-state index is 12.2. The zero-order valence-electron chi connectivity index (χ0n) is 14.6. The highest BCUT2D eigenvalue weighted by molar-refractivity contribution is 5.94. The van der Waals surface area contributed by atoms with E-state index in [1.54, 1.807) is 23.2 Å². The van der Waals surface area contributed by atoms with Crippen LogP contribution in [0.25, 0.3) is 6.08 Å². The monoisotopic (exact) mass is 341 g/mol. The van der Waals surface area contributed by atoms with Gasteiger partial charge in [0.2, 0.25) is 11.8 Å². The molecule has 0 aromatic carbocycles. The van der Waals surface area contributed by atoms with Crippen molar-refractivity contribution in [1.29, 1.82) is 0 Å². The van der Waals surface area contributed by atoms with E-state index in [0.29, 0.717) is 38.4 Å². The predicted molar refractivity (Wildman–Crippen MR) is 96.0 cm³/mol. The number of amides is 2. The van der Waals surface area contributed by atoms with Gasteiger partial charge < -0.3 is 15.0 Å². The van der Waals surface area contributed by atoms with E-state index in [1.807, 2.05) is 26.0 Å². The Morgan fingerprint density at radius 1 is 1.44 bits per heavy atom. The number of allylic oxidation sites excluding steroid dienone is 1. The second kappa shape index (κ2) is 7.61. The summed E-state index contributed by atoms with van der Waals surface area (Å²) in [6.07, 6.45) is 8.31. The molecule has 1 aromatic rings. The molecule has 3 heterocycles. The Morgan fingerprint density at radius 3 is 3.00 bits per heavy atom. The molecule has 0 spiro atoms. The largest absolute Gasteiger partial charge is 0.370 e. The van der Waals surface area contributed by atoms with Gasteiger partial charge in [0.25, 0.3) is 0 Å². The van der Waals surface area contributed by atoms with Crippen LogP contribution >= 0.6 is 0 Å². The van der Waals surface area contributed by atoms with Crippen LogP contribution in [0.1, 0.15) is 31.4 Å². The van der Waals surface area contributed by atoms with E-state index < -0.39 is 0 Å². The first-order valence-corrected chi connectivity index (χ1v) is 8.54. The Balaban J connectivity index is 1.50. The number of likely N-dealkylation sites (tertiary alicyclic amines) is 1. The molecule has 0 radical (unpaired) electrons. The van der Waals surface area contributed by atoms with Gasteiger partial charge in [-0.25, -0.2) is 4.98 Å². The first-order valence-electron chi connectivity index (χ1n) is 8.54. The van der Waals surface area contributed by atoms with E-state index in [9.17, 15) is 9.59 Å². The lowest BCUT2D eigenvalue weighted by Crippen LogP contribution is -2.54. The highest BCUT2D eigenvalue weighted by atomic mass is 16.5. The third-order valence-corrected chi connectivity index (χ3v) is 4.48. The van der Waals surface area contributed by atoms with Crippen LogP contribution in [0.5, 0.6) is 0 Å². The number of rotatable bonds is 5. The number of nitrogens with one attached hydrogen (secondary N) is 1.